The maximum atomic E-state index is 10.7. The van der Waals surface area contributed by atoms with Gasteiger partial charge in [0.2, 0.25) is 5.29 Å². The Morgan fingerprint density at radius 2 is 1.62 bits per heavy atom. The molecule has 0 aromatic heterocycles. The molecule has 0 radical (unpaired) electrons. The first kappa shape index (κ1) is 10.5. The molecule has 0 unspecified atom stereocenters. The predicted molar refractivity (Wildman–Crippen MR) is 27.5 cm³/mol. The molecule has 0 amide bonds. The van der Waals surface area contributed by atoms with Crippen LogP contribution in [0.2, 0.25) is 0 Å². The fraction of sp³-hybridized carbons (Fsp3) is 0. The molecule has 0 aromatic rings. The van der Waals surface area contributed by atoms with Crippen LogP contribution in [0.5, 0.6) is 0 Å². The van der Waals surface area contributed by atoms with Crippen molar-refractivity contribution < 1.29 is 13.2 Å². The van der Waals surface area contributed by atoms with Gasteiger partial charge in [-0.3, -0.25) is 0 Å². The van der Waals surface area contributed by atoms with Crippen molar-refractivity contribution in [2.24, 2.45) is 0 Å². The van der Waals surface area contributed by atoms with Gasteiger partial charge in [0.15, 0.2) is 0 Å². The minimum absolute atomic E-state index is 0.250. The van der Waals surface area contributed by atoms with E-state index in [0.29, 0.717) is 0 Å². The van der Waals surface area contributed by atoms with Crippen molar-refractivity contribution in [2.75, 3.05) is 0 Å². The molecule has 0 rings (SSSR count). The van der Waals surface area contributed by atoms with Crippen LogP contribution in [0.15, 0.2) is 24.5 Å². The summed E-state index contributed by atoms with van der Waals surface area (Å²) < 4.78 is 31.2. The Hall–Kier alpha value is -0.440. The highest BCUT2D eigenvalue weighted by Crippen LogP contribution is 1.99. The van der Waals surface area contributed by atoms with Crippen LogP contribution in [-0.2, 0) is 0 Å². The van der Waals surface area contributed by atoms with E-state index in [1.165, 1.54) is 0 Å². The lowest BCUT2D eigenvalue weighted by atomic mass is 11.2. The van der Waals surface area contributed by atoms with Crippen LogP contribution in [-0.4, -0.2) is 0 Å². The average Bonchev–Trinajstić information content (AvgIpc) is 1.69. The number of hydrogen-bond donors (Lipinski definition) is 0. The van der Waals surface area contributed by atoms with E-state index in [1.807, 2.05) is 0 Å². The fourth-order valence-electron chi connectivity index (χ4n) is 0. The van der Waals surface area contributed by atoms with Crippen LogP contribution in [0, 0.1) is 0 Å². The minimum atomic E-state index is -1.31. The average molecular weight is 145 g/mol. The van der Waals surface area contributed by atoms with Gasteiger partial charge in [0.25, 0.3) is 0 Å². The quantitative estimate of drug-likeness (QED) is 0.490. The zero-order chi connectivity index (χ0) is 6.99. The topological polar surface area (TPSA) is 0 Å². The van der Waals surface area contributed by atoms with Gasteiger partial charge in [-0.1, -0.05) is 6.58 Å². The van der Waals surface area contributed by atoms with Gasteiger partial charge in [0.1, 0.15) is 6.33 Å². The molecule has 0 N–H and O–H groups in total. The van der Waals surface area contributed by atoms with Crippen molar-refractivity contribution in [1.82, 2.24) is 0 Å². The third-order valence-corrected chi connectivity index (χ3v) is 0.165. The van der Waals surface area contributed by atoms with Gasteiger partial charge in [0.05, 0.1) is 6.33 Å². The highest BCUT2D eigenvalue weighted by molar-refractivity contribution is 6.27. The molecule has 48 valence electrons. The van der Waals surface area contributed by atoms with Gasteiger partial charge in [0, 0.05) is 0 Å². The molecule has 0 aliphatic carbocycles. The summed E-state index contributed by atoms with van der Waals surface area (Å²) in [4.78, 5) is 0. The van der Waals surface area contributed by atoms with Gasteiger partial charge >= 0.3 is 0 Å². The lowest BCUT2D eigenvalue weighted by Gasteiger charge is -1.61. The third-order valence-electron chi connectivity index (χ3n) is 0.0825. The Labute approximate surface area is 50.3 Å². The lowest BCUT2D eigenvalue weighted by Crippen LogP contribution is -1.39. The molecule has 0 nitrogen and oxygen atoms in total. The van der Waals surface area contributed by atoms with E-state index >= 15 is 0 Å². The normalized spacial score (nSPS) is 9.25. The zero-order valence-electron chi connectivity index (χ0n) is 3.87. The summed E-state index contributed by atoms with van der Waals surface area (Å²) in [5.74, 6) is 0. The van der Waals surface area contributed by atoms with Crippen molar-refractivity contribution in [3.63, 3.8) is 0 Å². The first-order valence-electron chi connectivity index (χ1n) is 1.51. The van der Waals surface area contributed by atoms with E-state index in [-0.39, 0.29) is 12.7 Å². The molecule has 0 saturated heterocycles. The SMILES string of the molecule is C=CF.FC=C(F)Cl. The van der Waals surface area contributed by atoms with E-state index in [1.54, 1.807) is 0 Å². The molecular weight excluding hydrogens is 140 g/mol. The van der Waals surface area contributed by atoms with E-state index in [2.05, 4.69) is 18.2 Å². The molecule has 8 heavy (non-hydrogen) atoms. The smallest absolute Gasteiger partial charge is 0.216 e. The van der Waals surface area contributed by atoms with Crippen LogP contribution in [0.3, 0.4) is 0 Å². The Balaban J connectivity index is 0. The maximum Gasteiger partial charge on any atom is 0.217 e. The summed E-state index contributed by atoms with van der Waals surface area (Å²) in [5.41, 5.74) is 0. The molecule has 0 heterocycles. The van der Waals surface area contributed by atoms with Crippen molar-refractivity contribution >= 4 is 11.6 Å². The van der Waals surface area contributed by atoms with Crippen molar-refractivity contribution in [1.29, 1.82) is 0 Å². The number of hydrogen-bond acceptors (Lipinski definition) is 0. The Kier molecular flexibility index (Phi) is 12.8. The molecule has 4 heteroatoms. The van der Waals surface area contributed by atoms with Crippen LogP contribution in [0.25, 0.3) is 0 Å². The minimum Gasteiger partial charge on any atom is -0.216 e. The van der Waals surface area contributed by atoms with Crippen LogP contribution in [0.4, 0.5) is 13.2 Å². The van der Waals surface area contributed by atoms with Crippen molar-refractivity contribution in [2.45, 2.75) is 0 Å². The van der Waals surface area contributed by atoms with Gasteiger partial charge in [-0.2, -0.15) is 4.39 Å². The molecule has 0 aromatic carbocycles. The molecule has 0 aliphatic heterocycles. The van der Waals surface area contributed by atoms with Gasteiger partial charge in [-0.05, 0) is 11.6 Å². The van der Waals surface area contributed by atoms with E-state index in [9.17, 15) is 13.2 Å². The van der Waals surface area contributed by atoms with Crippen molar-refractivity contribution in [3.8, 4) is 0 Å². The fourth-order valence-corrected chi connectivity index (χ4v) is 0. The number of halogens is 4. The predicted octanol–water partition coefficient (Wildman–Crippen LogP) is 3.06. The van der Waals surface area contributed by atoms with Crippen molar-refractivity contribution in [3.05, 3.63) is 24.5 Å². The van der Waals surface area contributed by atoms with Gasteiger partial charge in [-0.15, -0.1) is 0 Å². The first-order valence-corrected chi connectivity index (χ1v) is 1.89. The number of rotatable bonds is 0. The van der Waals surface area contributed by atoms with E-state index in [0.717, 1.165) is 0 Å². The van der Waals surface area contributed by atoms with Crippen LogP contribution < -0.4 is 0 Å². The Bertz CT molecular complexity index is 75.4. The van der Waals surface area contributed by atoms with Gasteiger partial charge < -0.3 is 0 Å². The largest absolute Gasteiger partial charge is 0.217 e. The third kappa shape index (κ3) is 47.5. The Morgan fingerprint density at radius 3 is 1.62 bits per heavy atom. The summed E-state index contributed by atoms with van der Waals surface area (Å²) in [6, 6.07) is 0. The second-order valence-electron chi connectivity index (χ2n) is 0.553. The second kappa shape index (κ2) is 9.75. The summed E-state index contributed by atoms with van der Waals surface area (Å²) >= 11 is 4.28. The molecule has 0 spiro atoms. The summed E-state index contributed by atoms with van der Waals surface area (Å²) in [7, 11) is 0. The molecular formula is C4H4ClF3. The van der Waals surface area contributed by atoms with Crippen LogP contribution in [0.1, 0.15) is 0 Å². The molecule has 0 atom stereocenters. The Morgan fingerprint density at radius 1 is 1.50 bits per heavy atom. The zero-order valence-corrected chi connectivity index (χ0v) is 4.63. The van der Waals surface area contributed by atoms with E-state index < -0.39 is 5.29 Å². The highest BCUT2D eigenvalue weighted by Gasteiger charge is 1.75. The monoisotopic (exact) mass is 144 g/mol. The molecule has 0 fully saturated rings. The van der Waals surface area contributed by atoms with Gasteiger partial charge in [-0.25, -0.2) is 8.78 Å². The van der Waals surface area contributed by atoms with Crippen LogP contribution >= 0.6 is 11.6 Å². The molecule has 0 bridgehead atoms. The summed E-state index contributed by atoms with van der Waals surface area (Å²) in [5, 5.41) is -1.31. The highest BCUT2D eigenvalue weighted by atomic mass is 35.5. The maximum absolute atomic E-state index is 10.7. The second-order valence-corrected chi connectivity index (χ2v) is 0.914. The summed E-state index contributed by atoms with van der Waals surface area (Å²) in [6.45, 7) is 2.69. The summed E-state index contributed by atoms with van der Waals surface area (Å²) in [6.07, 6.45) is -0.0679. The lowest BCUT2D eigenvalue weighted by molar-refractivity contribution is 0.627. The van der Waals surface area contributed by atoms with E-state index in [4.69, 9.17) is 0 Å². The standard InChI is InChI=1S/C2HClF2.C2H3F/c3-2(5)1-4;1-2-3/h1H;2H,1H2. The molecule has 0 aliphatic rings. The molecule has 0 saturated carbocycles. The first-order chi connectivity index (χ1) is 3.68.